The van der Waals surface area contributed by atoms with Gasteiger partial charge in [0.15, 0.2) is 0 Å². The van der Waals surface area contributed by atoms with Crippen molar-refractivity contribution in [2.75, 3.05) is 12.4 Å². The van der Waals surface area contributed by atoms with Crippen molar-refractivity contribution in [2.24, 2.45) is 5.92 Å². The van der Waals surface area contributed by atoms with Gasteiger partial charge >= 0.3 is 5.97 Å². The van der Waals surface area contributed by atoms with Gasteiger partial charge in [0.05, 0.1) is 19.2 Å². The number of anilines is 1. The van der Waals surface area contributed by atoms with Crippen molar-refractivity contribution in [3.05, 3.63) is 29.6 Å². The standard InChI is InChI=1S/C21H31FN2O4/c1-5-14(2)7-6-8-19(23-13-25)21(27)24-18-10-9-16(12-17(18)22)15(3)11-20(26)28-4/h9-10,12-15,19H,5-8,11H2,1-4H3,(H,23,25)(H,24,27). The first-order valence-electron chi connectivity index (χ1n) is 9.69. The molecule has 2 N–H and O–H groups in total. The second-order valence-electron chi connectivity index (χ2n) is 7.19. The highest BCUT2D eigenvalue weighted by atomic mass is 19.1. The van der Waals surface area contributed by atoms with Crippen molar-refractivity contribution >= 4 is 24.0 Å². The Balaban J connectivity index is 2.74. The minimum absolute atomic E-state index is 0.0404. The molecule has 3 unspecified atom stereocenters. The van der Waals surface area contributed by atoms with Crippen LogP contribution < -0.4 is 10.6 Å². The minimum Gasteiger partial charge on any atom is -0.469 e. The number of hydrogen-bond donors (Lipinski definition) is 2. The number of carbonyl (C=O) groups excluding carboxylic acids is 3. The first-order valence-corrected chi connectivity index (χ1v) is 9.69. The van der Waals surface area contributed by atoms with E-state index in [-0.39, 0.29) is 24.0 Å². The van der Waals surface area contributed by atoms with Crippen molar-refractivity contribution in [3.63, 3.8) is 0 Å². The maximum Gasteiger partial charge on any atom is 0.306 e. The molecule has 6 nitrogen and oxygen atoms in total. The number of amides is 2. The fourth-order valence-electron chi connectivity index (χ4n) is 2.86. The molecule has 3 atom stereocenters. The van der Waals surface area contributed by atoms with Gasteiger partial charge in [-0.05, 0) is 36.0 Å². The number of hydrogen-bond acceptors (Lipinski definition) is 4. The van der Waals surface area contributed by atoms with Gasteiger partial charge in [-0.3, -0.25) is 14.4 Å². The lowest BCUT2D eigenvalue weighted by atomic mass is 9.97. The number of esters is 1. The van der Waals surface area contributed by atoms with E-state index in [4.69, 9.17) is 0 Å². The molecule has 7 heteroatoms. The van der Waals surface area contributed by atoms with Gasteiger partial charge in [-0.25, -0.2) is 4.39 Å². The van der Waals surface area contributed by atoms with Gasteiger partial charge in [-0.15, -0.1) is 0 Å². The molecule has 156 valence electrons. The Bertz CT molecular complexity index is 666. The summed E-state index contributed by atoms with van der Waals surface area (Å²) in [7, 11) is 1.31. The second kappa shape index (κ2) is 12.1. The maximum absolute atomic E-state index is 14.4. The van der Waals surface area contributed by atoms with E-state index in [1.807, 2.05) is 0 Å². The van der Waals surface area contributed by atoms with Crippen LogP contribution in [0.15, 0.2) is 18.2 Å². The Morgan fingerprint density at radius 3 is 2.54 bits per heavy atom. The number of rotatable bonds is 12. The minimum atomic E-state index is -0.709. The summed E-state index contributed by atoms with van der Waals surface area (Å²) in [6.45, 7) is 6.04. The predicted octanol–water partition coefficient (Wildman–Crippen LogP) is 3.76. The molecule has 0 radical (unpaired) electrons. The molecule has 1 aromatic rings. The van der Waals surface area contributed by atoms with E-state index >= 15 is 0 Å². The van der Waals surface area contributed by atoms with Gasteiger partial charge in [0.1, 0.15) is 11.9 Å². The van der Waals surface area contributed by atoms with Crippen molar-refractivity contribution in [2.45, 2.75) is 64.8 Å². The molecule has 1 rings (SSSR count). The number of methoxy groups -OCH3 is 1. The third-order valence-electron chi connectivity index (χ3n) is 4.99. The molecule has 0 saturated carbocycles. The quantitative estimate of drug-likeness (QED) is 0.418. The summed E-state index contributed by atoms with van der Waals surface area (Å²) in [4.78, 5) is 34.6. The van der Waals surface area contributed by atoms with Crippen LogP contribution >= 0.6 is 0 Å². The third kappa shape index (κ3) is 7.66. The highest BCUT2D eigenvalue weighted by Gasteiger charge is 2.20. The Kier molecular flexibility index (Phi) is 10.2. The normalized spacial score (nSPS) is 13.9. The summed E-state index contributed by atoms with van der Waals surface area (Å²) < 4.78 is 19.0. The molecule has 0 aromatic heterocycles. The Hall–Kier alpha value is -2.44. The van der Waals surface area contributed by atoms with Crippen molar-refractivity contribution in [1.82, 2.24) is 5.32 Å². The van der Waals surface area contributed by atoms with Gasteiger partial charge in [-0.2, -0.15) is 0 Å². The lowest BCUT2D eigenvalue weighted by molar-refractivity contribution is -0.141. The molecule has 0 heterocycles. The van der Waals surface area contributed by atoms with E-state index in [0.717, 1.165) is 19.3 Å². The molecule has 0 bridgehead atoms. The van der Waals surface area contributed by atoms with Gasteiger partial charge in [0, 0.05) is 0 Å². The van der Waals surface area contributed by atoms with Crippen molar-refractivity contribution < 1.29 is 23.5 Å². The lowest BCUT2D eigenvalue weighted by Gasteiger charge is -2.18. The van der Waals surface area contributed by atoms with E-state index in [1.54, 1.807) is 13.0 Å². The number of benzene rings is 1. The molecule has 0 aliphatic rings. The van der Waals surface area contributed by atoms with Gasteiger partial charge in [0.25, 0.3) is 0 Å². The number of nitrogens with one attached hydrogen (secondary N) is 2. The number of halogens is 1. The van der Waals surface area contributed by atoms with Crippen LogP contribution in [0, 0.1) is 11.7 Å². The predicted molar refractivity (Wildman–Crippen MR) is 106 cm³/mol. The average Bonchev–Trinajstić information content (AvgIpc) is 2.68. The highest BCUT2D eigenvalue weighted by molar-refractivity contribution is 5.95. The Morgan fingerprint density at radius 2 is 1.96 bits per heavy atom. The van der Waals surface area contributed by atoms with E-state index in [1.165, 1.54) is 19.2 Å². The summed E-state index contributed by atoms with van der Waals surface area (Å²) in [6.07, 6.45) is 3.93. The molecule has 0 aliphatic carbocycles. The highest BCUT2D eigenvalue weighted by Crippen LogP contribution is 2.24. The summed E-state index contributed by atoms with van der Waals surface area (Å²) in [5.74, 6) is -1.07. The molecule has 0 aliphatic heterocycles. The molecule has 0 spiro atoms. The molecule has 2 amide bonds. The Labute approximate surface area is 166 Å². The van der Waals surface area contributed by atoms with Crippen LogP contribution in [0.1, 0.15) is 64.4 Å². The summed E-state index contributed by atoms with van der Waals surface area (Å²) in [5, 5.41) is 5.04. The summed E-state index contributed by atoms with van der Waals surface area (Å²) in [6, 6.07) is 3.72. The van der Waals surface area contributed by atoms with E-state index < -0.39 is 17.8 Å². The molecular weight excluding hydrogens is 363 g/mol. The molecular formula is C21H31FN2O4. The van der Waals surface area contributed by atoms with Crippen LogP contribution in [0.2, 0.25) is 0 Å². The zero-order chi connectivity index (χ0) is 21.1. The fourth-order valence-corrected chi connectivity index (χ4v) is 2.86. The average molecular weight is 394 g/mol. The number of ether oxygens (including phenoxy) is 1. The fraction of sp³-hybridized carbons (Fsp3) is 0.571. The van der Waals surface area contributed by atoms with E-state index in [9.17, 15) is 18.8 Å². The van der Waals surface area contributed by atoms with E-state index in [2.05, 4.69) is 29.2 Å². The SMILES string of the molecule is CCC(C)CCCC(NC=O)C(=O)Nc1ccc(C(C)CC(=O)OC)cc1F. The topological polar surface area (TPSA) is 84.5 Å². The van der Waals surface area contributed by atoms with Crippen LogP contribution in [-0.4, -0.2) is 31.4 Å². The first kappa shape index (κ1) is 23.6. The van der Waals surface area contributed by atoms with E-state index in [0.29, 0.717) is 24.3 Å². The second-order valence-corrected chi connectivity index (χ2v) is 7.19. The van der Waals surface area contributed by atoms with Crippen LogP contribution in [0.25, 0.3) is 0 Å². The van der Waals surface area contributed by atoms with Gasteiger partial charge in [0.2, 0.25) is 12.3 Å². The molecule has 28 heavy (non-hydrogen) atoms. The number of carbonyl (C=O) groups is 3. The molecule has 0 saturated heterocycles. The maximum atomic E-state index is 14.4. The Morgan fingerprint density at radius 1 is 1.25 bits per heavy atom. The smallest absolute Gasteiger partial charge is 0.306 e. The van der Waals surface area contributed by atoms with Crippen LogP contribution in [-0.2, 0) is 19.1 Å². The van der Waals surface area contributed by atoms with Crippen molar-refractivity contribution in [3.8, 4) is 0 Å². The van der Waals surface area contributed by atoms with Gasteiger partial charge < -0.3 is 15.4 Å². The summed E-state index contributed by atoms with van der Waals surface area (Å²) in [5.41, 5.74) is 0.677. The van der Waals surface area contributed by atoms with Crippen LogP contribution in [0.3, 0.4) is 0 Å². The zero-order valence-corrected chi connectivity index (χ0v) is 17.1. The van der Waals surface area contributed by atoms with Gasteiger partial charge in [-0.1, -0.05) is 46.1 Å². The van der Waals surface area contributed by atoms with Crippen LogP contribution in [0.4, 0.5) is 10.1 Å². The molecule has 0 fully saturated rings. The summed E-state index contributed by atoms with van der Waals surface area (Å²) >= 11 is 0. The third-order valence-corrected chi connectivity index (χ3v) is 4.99. The largest absolute Gasteiger partial charge is 0.469 e. The van der Waals surface area contributed by atoms with Crippen LogP contribution in [0.5, 0.6) is 0 Å². The monoisotopic (exact) mass is 394 g/mol. The lowest BCUT2D eigenvalue weighted by Crippen LogP contribution is -2.40. The van der Waals surface area contributed by atoms with Crippen molar-refractivity contribution in [1.29, 1.82) is 0 Å². The first-order chi connectivity index (χ1) is 13.3. The molecule has 1 aromatic carbocycles. The zero-order valence-electron chi connectivity index (χ0n) is 17.1.